The van der Waals surface area contributed by atoms with Gasteiger partial charge in [-0.15, -0.1) is 0 Å². The van der Waals surface area contributed by atoms with Crippen molar-refractivity contribution in [1.82, 2.24) is 9.88 Å². The van der Waals surface area contributed by atoms with Gasteiger partial charge >= 0.3 is 0 Å². The number of ether oxygens (including phenoxy) is 1. The van der Waals surface area contributed by atoms with Crippen LogP contribution < -0.4 is 9.64 Å². The highest BCUT2D eigenvalue weighted by Gasteiger charge is 2.23. The summed E-state index contributed by atoms with van der Waals surface area (Å²) in [5, 5.41) is 1.06. The summed E-state index contributed by atoms with van der Waals surface area (Å²) in [7, 11) is 1.64. The molecule has 6 heteroatoms. The summed E-state index contributed by atoms with van der Waals surface area (Å²) in [5.41, 5.74) is 4.60. The molecule has 1 fully saturated rings. The van der Waals surface area contributed by atoms with E-state index < -0.39 is 0 Å². The standard InChI is InChI=1S/C22H25N3O2S/c1-15-11-16(2)21-19(12-15)23-22(28-21)25-9-7-24(8-10-25)20(26)14-17-5-4-6-18(13-17)27-3/h4-6,11-13H,7-10,14H2,1-3H3. The molecular weight excluding hydrogens is 370 g/mol. The molecule has 4 rings (SSSR count). The number of methoxy groups -OCH3 is 1. The zero-order chi connectivity index (χ0) is 19.7. The summed E-state index contributed by atoms with van der Waals surface area (Å²) in [6.07, 6.45) is 0.414. The number of carbonyl (C=O) groups is 1. The maximum Gasteiger partial charge on any atom is 0.227 e. The van der Waals surface area contributed by atoms with E-state index in [1.54, 1.807) is 18.4 Å². The van der Waals surface area contributed by atoms with Gasteiger partial charge in [-0.1, -0.05) is 29.5 Å². The first kappa shape index (κ1) is 18.7. The molecule has 0 bridgehead atoms. The highest BCUT2D eigenvalue weighted by atomic mass is 32.1. The van der Waals surface area contributed by atoms with Crippen molar-refractivity contribution in [1.29, 1.82) is 0 Å². The Bertz CT molecular complexity index is 1010. The molecule has 1 aromatic heterocycles. The predicted molar refractivity (Wildman–Crippen MR) is 115 cm³/mol. The second-order valence-corrected chi connectivity index (χ2v) is 8.30. The van der Waals surface area contributed by atoms with E-state index in [9.17, 15) is 4.79 Å². The monoisotopic (exact) mass is 395 g/mol. The molecule has 28 heavy (non-hydrogen) atoms. The zero-order valence-electron chi connectivity index (χ0n) is 16.6. The molecule has 0 N–H and O–H groups in total. The van der Waals surface area contributed by atoms with Gasteiger partial charge < -0.3 is 14.5 Å². The topological polar surface area (TPSA) is 45.7 Å². The first-order valence-electron chi connectivity index (χ1n) is 9.57. The van der Waals surface area contributed by atoms with Crippen LogP contribution in [-0.4, -0.2) is 49.1 Å². The number of hydrogen-bond donors (Lipinski definition) is 0. The molecule has 0 unspecified atom stereocenters. The number of piperazine rings is 1. The molecule has 146 valence electrons. The number of aromatic nitrogens is 1. The summed E-state index contributed by atoms with van der Waals surface area (Å²) in [4.78, 5) is 21.8. The van der Waals surface area contributed by atoms with Crippen molar-refractivity contribution in [2.75, 3.05) is 38.2 Å². The lowest BCUT2D eigenvalue weighted by Gasteiger charge is -2.34. The Morgan fingerprint density at radius 1 is 1.14 bits per heavy atom. The van der Waals surface area contributed by atoms with Crippen LogP contribution in [0.15, 0.2) is 36.4 Å². The van der Waals surface area contributed by atoms with Crippen LogP contribution in [0.25, 0.3) is 10.2 Å². The number of amides is 1. The van der Waals surface area contributed by atoms with Gasteiger partial charge in [0.15, 0.2) is 5.13 Å². The van der Waals surface area contributed by atoms with E-state index in [0.717, 1.165) is 48.1 Å². The molecule has 2 heterocycles. The fraction of sp³-hybridized carbons (Fsp3) is 0.364. The molecular formula is C22H25N3O2S. The number of nitrogens with zero attached hydrogens (tertiary/aromatic N) is 3. The van der Waals surface area contributed by atoms with Crippen LogP contribution in [0, 0.1) is 13.8 Å². The Morgan fingerprint density at radius 3 is 2.68 bits per heavy atom. The van der Waals surface area contributed by atoms with Gasteiger partial charge in [0.1, 0.15) is 5.75 Å². The second kappa shape index (κ2) is 7.80. The first-order valence-corrected chi connectivity index (χ1v) is 10.4. The van der Waals surface area contributed by atoms with Gasteiger partial charge in [-0.2, -0.15) is 0 Å². The smallest absolute Gasteiger partial charge is 0.227 e. The SMILES string of the molecule is COc1cccc(CC(=O)N2CCN(c3nc4cc(C)cc(C)c4s3)CC2)c1. The van der Waals surface area contributed by atoms with Crippen LogP contribution in [0.5, 0.6) is 5.75 Å². The minimum absolute atomic E-state index is 0.170. The van der Waals surface area contributed by atoms with E-state index in [1.807, 2.05) is 29.2 Å². The van der Waals surface area contributed by atoms with Crippen LogP contribution in [0.2, 0.25) is 0 Å². The fourth-order valence-corrected chi connectivity index (χ4v) is 4.78. The van der Waals surface area contributed by atoms with Gasteiger partial charge in [-0.25, -0.2) is 4.98 Å². The average Bonchev–Trinajstić information content (AvgIpc) is 3.12. The quantitative estimate of drug-likeness (QED) is 0.674. The molecule has 0 aliphatic carbocycles. The number of aryl methyl sites for hydroxylation is 2. The number of rotatable bonds is 4. The minimum Gasteiger partial charge on any atom is -0.497 e. The summed E-state index contributed by atoms with van der Waals surface area (Å²) < 4.78 is 6.51. The van der Waals surface area contributed by atoms with Crippen molar-refractivity contribution >= 4 is 32.6 Å². The van der Waals surface area contributed by atoms with Crippen LogP contribution in [0.1, 0.15) is 16.7 Å². The van der Waals surface area contributed by atoms with Crippen molar-refractivity contribution in [3.05, 3.63) is 53.1 Å². The van der Waals surface area contributed by atoms with Crippen molar-refractivity contribution in [2.45, 2.75) is 20.3 Å². The van der Waals surface area contributed by atoms with Gasteiger partial charge in [0.25, 0.3) is 0 Å². The summed E-state index contributed by atoms with van der Waals surface area (Å²) in [6.45, 7) is 7.36. The number of hydrogen-bond acceptors (Lipinski definition) is 5. The van der Waals surface area contributed by atoms with Crippen LogP contribution in [-0.2, 0) is 11.2 Å². The number of thiazole rings is 1. The molecule has 3 aromatic rings. The molecule has 5 nitrogen and oxygen atoms in total. The van der Waals surface area contributed by atoms with Crippen molar-refractivity contribution in [3.63, 3.8) is 0 Å². The third kappa shape index (κ3) is 3.83. The maximum atomic E-state index is 12.7. The fourth-order valence-electron chi connectivity index (χ4n) is 3.72. The van der Waals surface area contributed by atoms with Crippen molar-refractivity contribution < 1.29 is 9.53 Å². The second-order valence-electron chi connectivity index (χ2n) is 7.32. The Morgan fingerprint density at radius 2 is 1.93 bits per heavy atom. The summed E-state index contributed by atoms with van der Waals surface area (Å²) in [5.74, 6) is 0.958. The average molecular weight is 396 g/mol. The third-order valence-corrected chi connectivity index (χ3v) is 6.47. The number of anilines is 1. The van der Waals surface area contributed by atoms with Crippen LogP contribution in [0.3, 0.4) is 0 Å². The molecule has 1 saturated heterocycles. The first-order chi connectivity index (χ1) is 13.5. The van der Waals surface area contributed by atoms with Gasteiger partial charge in [0.05, 0.1) is 23.7 Å². The Labute approximate surface area is 169 Å². The lowest BCUT2D eigenvalue weighted by Crippen LogP contribution is -2.49. The predicted octanol–water partition coefficient (Wildman–Crippen LogP) is 3.81. The summed E-state index contributed by atoms with van der Waals surface area (Å²) in [6, 6.07) is 12.1. The lowest BCUT2D eigenvalue weighted by molar-refractivity contribution is -0.130. The lowest BCUT2D eigenvalue weighted by atomic mass is 10.1. The molecule has 0 saturated carbocycles. The highest BCUT2D eigenvalue weighted by Crippen LogP contribution is 2.32. The molecule has 0 radical (unpaired) electrons. The third-order valence-electron chi connectivity index (χ3n) is 5.20. The largest absolute Gasteiger partial charge is 0.497 e. The maximum absolute atomic E-state index is 12.7. The van der Waals surface area contributed by atoms with Crippen molar-refractivity contribution in [2.24, 2.45) is 0 Å². The highest BCUT2D eigenvalue weighted by molar-refractivity contribution is 7.22. The van der Waals surface area contributed by atoms with Gasteiger partial charge in [-0.3, -0.25) is 4.79 Å². The van der Waals surface area contributed by atoms with E-state index in [0.29, 0.717) is 6.42 Å². The van der Waals surface area contributed by atoms with E-state index in [-0.39, 0.29) is 5.91 Å². The van der Waals surface area contributed by atoms with Gasteiger partial charge in [0.2, 0.25) is 5.91 Å². The normalized spacial score (nSPS) is 14.5. The number of fused-ring (bicyclic) bond motifs is 1. The van der Waals surface area contributed by atoms with Crippen LogP contribution in [0.4, 0.5) is 5.13 Å². The van der Waals surface area contributed by atoms with E-state index >= 15 is 0 Å². The van der Waals surface area contributed by atoms with Crippen molar-refractivity contribution in [3.8, 4) is 5.75 Å². The van der Waals surface area contributed by atoms with Gasteiger partial charge in [-0.05, 0) is 48.7 Å². The number of benzene rings is 2. The minimum atomic E-state index is 0.170. The molecule has 0 atom stereocenters. The summed E-state index contributed by atoms with van der Waals surface area (Å²) >= 11 is 1.75. The van der Waals surface area contributed by atoms with E-state index in [2.05, 4.69) is 30.9 Å². The molecule has 0 spiro atoms. The zero-order valence-corrected chi connectivity index (χ0v) is 17.4. The molecule has 1 amide bonds. The number of carbonyl (C=O) groups excluding carboxylic acids is 1. The molecule has 1 aliphatic heterocycles. The van der Waals surface area contributed by atoms with Crippen LogP contribution >= 0.6 is 11.3 Å². The Balaban J connectivity index is 1.40. The van der Waals surface area contributed by atoms with E-state index in [4.69, 9.17) is 9.72 Å². The molecule has 2 aromatic carbocycles. The van der Waals surface area contributed by atoms with E-state index in [1.165, 1.54) is 15.8 Å². The molecule has 1 aliphatic rings. The van der Waals surface area contributed by atoms with Gasteiger partial charge in [0, 0.05) is 26.2 Å². The Kier molecular flexibility index (Phi) is 5.22. The Hall–Kier alpha value is -2.60.